The third kappa shape index (κ3) is 3.05. The van der Waals surface area contributed by atoms with Gasteiger partial charge in [0, 0.05) is 0 Å². The number of hydrogen-bond donors (Lipinski definition) is 0. The molecule has 0 saturated carbocycles. The van der Waals surface area contributed by atoms with Crippen molar-refractivity contribution in [2.75, 3.05) is 0 Å². The van der Waals surface area contributed by atoms with Crippen molar-refractivity contribution in [3.05, 3.63) is 79.0 Å². The summed E-state index contributed by atoms with van der Waals surface area (Å²) in [6, 6.07) is 12.4. The molecule has 0 radical (unpaired) electrons. The van der Waals surface area contributed by atoms with E-state index in [-0.39, 0.29) is 0 Å². The third-order valence-corrected chi connectivity index (χ3v) is 2.84. The zero-order valence-corrected chi connectivity index (χ0v) is 11.0. The van der Waals surface area contributed by atoms with Crippen LogP contribution in [-0.4, -0.2) is 0 Å². The summed E-state index contributed by atoms with van der Waals surface area (Å²) in [5.74, 6) is 0. The fourth-order valence-corrected chi connectivity index (χ4v) is 1.82. The first-order valence-corrected chi connectivity index (χ1v) is 6.11. The van der Waals surface area contributed by atoms with Crippen LogP contribution in [-0.2, 0) is 0 Å². The van der Waals surface area contributed by atoms with E-state index in [1.807, 2.05) is 25.1 Å². The van der Waals surface area contributed by atoms with Crippen molar-refractivity contribution in [1.29, 1.82) is 0 Å². The van der Waals surface area contributed by atoms with Crippen LogP contribution in [0.4, 0.5) is 5.69 Å². The van der Waals surface area contributed by atoms with E-state index in [4.69, 9.17) is 0 Å². The number of fused-ring (bicyclic) bond motifs is 1. The van der Waals surface area contributed by atoms with Crippen LogP contribution < -0.4 is 0 Å². The SMILES string of the molecule is C=C/C=C(\C=C)N=Nc1cc2ccccc2cc1C. The molecule has 0 amide bonds. The Bertz CT molecular complexity index is 679. The molecule has 0 aromatic heterocycles. The summed E-state index contributed by atoms with van der Waals surface area (Å²) < 4.78 is 0. The van der Waals surface area contributed by atoms with E-state index in [1.165, 1.54) is 5.39 Å². The highest BCUT2D eigenvalue weighted by molar-refractivity contribution is 5.86. The molecular weight excluding hydrogens is 232 g/mol. The van der Waals surface area contributed by atoms with E-state index in [2.05, 4.69) is 41.6 Å². The lowest BCUT2D eigenvalue weighted by Gasteiger charge is -2.03. The second-order valence-corrected chi connectivity index (χ2v) is 4.22. The second-order valence-electron chi connectivity index (χ2n) is 4.22. The molecule has 0 heterocycles. The Morgan fingerprint density at radius 3 is 2.42 bits per heavy atom. The molecule has 0 aliphatic heterocycles. The van der Waals surface area contributed by atoms with E-state index >= 15 is 0 Å². The number of benzene rings is 2. The zero-order valence-electron chi connectivity index (χ0n) is 11.0. The molecule has 2 rings (SSSR count). The molecule has 0 aliphatic carbocycles. The van der Waals surface area contributed by atoms with Gasteiger partial charge in [-0.15, -0.1) is 0 Å². The largest absolute Gasteiger partial charge is 0.151 e. The number of hydrogen-bond acceptors (Lipinski definition) is 2. The maximum absolute atomic E-state index is 4.28. The summed E-state index contributed by atoms with van der Waals surface area (Å²) in [5, 5.41) is 10.8. The number of azo groups is 1. The lowest BCUT2D eigenvalue weighted by molar-refractivity contribution is 1.16. The minimum absolute atomic E-state index is 0.697. The predicted molar refractivity (Wildman–Crippen MR) is 81.7 cm³/mol. The number of aryl methyl sites for hydroxylation is 1. The number of allylic oxidation sites excluding steroid dienone is 3. The lowest BCUT2D eigenvalue weighted by Crippen LogP contribution is -1.77. The van der Waals surface area contributed by atoms with Crippen molar-refractivity contribution in [3.63, 3.8) is 0 Å². The maximum atomic E-state index is 4.28. The van der Waals surface area contributed by atoms with E-state index in [0.717, 1.165) is 16.6 Å². The Balaban J connectivity index is 2.42. The first-order valence-electron chi connectivity index (χ1n) is 6.11. The van der Waals surface area contributed by atoms with Gasteiger partial charge in [-0.1, -0.05) is 43.5 Å². The molecule has 0 fully saturated rings. The van der Waals surface area contributed by atoms with Crippen molar-refractivity contribution in [2.24, 2.45) is 10.2 Å². The van der Waals surface area contributed by atoms with Crippen molar-refractivity contribution < 1.29 is 0 Å². The monoisotopic (exact) mass is 248 g/mol. The minimum atomic E-state index is 0.697. The Hall–Kier alpha value is -2.48. The molecule has 2 aromatic rings. The highest BCUT2D eigenvalue weighted by atomic mass is 15.1. The predicted octanol–water partition coefficient (Wildman–Crippen LogP) is 5.49. The lowest BCUT2D eigenvalue weighted by atomic mass is 10.1. The maximum Gasteiger partial charge on any atom is 0.0892 e. The number of rotatable bonds is 4. The van der Waals surface area contributed by atoms with Crippen LogP contribution in [0.15, 0.2) is 83.7 Å². The molecular formula is C17H16N2. The third-order valence-electron chi connectivity index (χ3n) is 2.84. The van der Waals surface area contributed by atoms with Crippen LogP contribution in [0.25, 0.3) is 10.8 Å². The van der Waals surface area contributed by atoms with Gasteiger partial charge in [0.15, 0.2) is 0 Å². The van der Waals surface area contributed by atoms with Crippen LogP contribution in [0.5, 0.6) is 0 Å². The van der Waals surface area contributed by atoms with E-state index < -0.39 is 0 Å². The summed E-state index contributed by atoms with van der Waals surface area (Å²) in [6.07, 6.45) is 5.09. The molecule has 94 valence electrons. The van der Waals surface area contributed by atoms with Crippen molar-refractivity contribution >= 4 is 16.5 Å². The minimum Gasteiger partial charge on any atom is -0.151 e. The van der Waals surface area contributed by atoms with E-state index in [0.29, 0.717) is 5.70 Å². The van der Waals surface area contributed by atoms with Gasteiger partial charge in [0.1, 0.15) is 0 Å². The van der Waals surface area contributed by atoms with Gasteiger partial charge in [-0.2, -0.15) is 10.2 Å². The summed E-state index contributed by atoms with van der Waals surface area (Å²) in [5.41, 5.74) is 2.67. The molecule has 0 spiro atoms. The van der Waals surface area contributed by atoms with Crippen LogP contribution in [0, 0.1) is 6.92 Å². The quantitative estimate of drug-likeness (QED) is 0.505. The average Bonchev–Trinajstić information content (AvgIpc) is 2.43. The Labute approximate surface area is 113 Å². The topological polar surface area (TPSA) is 24.7 Å². The second kappa shape index (κ2) is 5.91. The summed E-state index contributed by atoms with van der Waals surface area (Å²) >= 11 is 0. The van der Waals surface area contributed by atoms with Gasteiger partial charge in [-0.25, -0.2) is 0 Å². The van der Waals surface area contributed by atoms with Crippen LogP contribution in [0.1, 0.15) is 5.56 Å². The molecule has 19 heavy (non-hydrogen) atoms. The van der Waals surface area contributed by atoms with Gasteiger partial charge in [0.05, 0.1) is 11.4 Å². The van der Waals surface area contributed by atoms with Crippen molar-refractivity contribution in [3.8, 4) is 0 Å². The van der Waals surface area contributed by atoms with Gasteiger partial charge in [0.25, 0.3) is 0 Å². The smallest absolute Gasteiger partial charge is 0.0892 e. The fourth-order valence-electron chi connectivity index (χ4n) is 1.82. The van der Waals surface area contributed by atoms with E-state index in [1.54, 1.807) is 18.2 Å². The van der Waals surface area contributed by atoms with Gasteiger partial charge >= 0.3 is 0 Å². The average molecular weight is 248 g/mol. The fraction of sp³-hybridized carbons (Fsp3) is 0.0588. The zero-order chi connectivity index (χ0) is 13.7. The molecule has 0 bridgehead atoms. The molecule has 2 aromatic carbocycles. The molecule has 0 atom stereocenters. The molecule has 2 heteroatoms. The number of nitrogens with zero attached hydrogens (tertiary/aromatic N) is 2. The van der Waals surface area contributed by atoms with E-state index in [9.17, 15) is 0 Å². The highest BCUT2D eigenvalue weighted by Gasteiger charge is 2.00. The van der Waals surface area contributed by atoms with Gasteiger partial charge in [-0.3, -0.25) is 0 Å². The Kier molecular flexibility index (Phi) is 4.04. The van der Waals surface area contributed by atoms with Crippen LogP contribution >= 0.6 is 0 Å². The van der Waals surface area contributed by atoms with Gasteiger partial charge < -0.3 is 0 Å². The normalized spacial score (nSPS) is 11.9. The molecule has 0 aliphatic rings. The molecule has 0 saturated heterocycles. The summed E-state index contributed by atoms with van der Waals surface area (Å²) in [4.78, 5) is 0. The highest BCUT2D eigenvalue weighted by Crippen LogP contribution is 2.26. The Morgan fingerprint density at radius 1 is 1.11 bits per heavy atom. The molecule has 0 unspecified atom stereocenters. The molecule has 2 nitrogen and oxygen atoms in total. The van der Waals surface area contributed by atoms with Crippen LogP contribution in [0.3, 0.4) is 0 Å². The summed E-state index contributed by atoms with van der Waals surface area (Å²) in [7, 11) is 0. The summed E-state index contributed by atoms with van der Waals surface area (Å²) in [6.45, 7) is 9.36. The molecule has 0 N–H and O–H groups in total. The standard InChI is InChI=1S/C17H16N2/c1-4-8-16(5-2)18-19-17-12-15-10-7-6-9-14(15)11-13(17)3/h4-12H,1-2H2,3H3/b16-8+,19-18?. The van der Waals surface area contributed by atoms with Crippen molar-refractivity contribution in [2.45, 2.75) is 6.92 Å². The Morgan fingerprint density at radius 2 is 1.79 bits per heavy atom. The first-order chi connectivity index (χ1) is 9.24. The van der Waals surface area contributed by atoms with Gasteiger partial charge in [-0.05, 0) is 47.5 Å². The van der Waals surface area contributed by atoms with Crippen LogP contribution in [0.2, 0.25) is 0 Å². The van der Waals surface area contributed by atoms with Crippen molar-refractivity contribution in [1.82, 2.24) is 0 Å². The first kappa shape index (κ1) is 13.0. The van der Waals surface area contributed by atoms with Gasteiger partial charge in [0.2, 0.25) is 0 Å².